The first kappa shape index (κ1) is 35.6. The second-order valence-corrected chi connectivity index (χ2v) is 14.5. The van der Waals surface area contributed by atoms with Gasteiger partial charge in [-0.05, 0) is 56.2 Å². The lowest BCUT2D eigenvalue weighted by molar-refractivity contribution is -0.142. The van der Waals surface area contributed by atoms with Crippen molar-refractivity contribution < 1.29 is 33.4 Å². The number of hydrogen-bond donors (Lipinski definition) is 2. The minimum absolute atomic E-state index is 0.136. The maximum atomic E-state index is 14.2. The molecule has 0 spiro atoms. The highest BCUT2D eigenvalue weighted by Gasteiger charge is 2.47. The fourth-order valence-electron chi connectivity index (χ4n) is 6.65. The average Bonchev–Trinajstić information content (AvgIpc) is 3.74. The normalized spacial score (nSPS) is 21.2. The predicted molar refractivity (Wildman–Crippen MR) is 190 cm³/mol. The SMILES string of the molecule is CCOC(=O)C1=C(CN2CCN3C(=O)N(c4ccc(C(C)(C)C(=O)O)cc4)C[C@@H]3[C@H]2COC)NC(c2nccs2)=N[C@H]1c1ccc(F)cc1Br. The van der Waals surface area contributed by atoms with Gasteiger partial charge in [-0.15, -0.1) is 11.3 Å². The molecule has 0 unspecified atom stereocenters. The number of anilines is 1. The summed E-state index contributed by atoms with van der Waals surface area (Å²) in [6, 6.07) is 9.92. The molecule has 12 nitrogen and oxygen atoms in total. The molecule has 3 aliphatic heterocycles. The van der Waals surface area contributed by atoms with Crippen LogP contribution < -0.4 is 10.2 Å². The number of esters is 1. The molecule has 0 bridgehead atoms. The van der Waals surface area contributed by atoms with Crippen molar-refractivity contribution in [2.75, 3.05) is 51.4 Å². The predicted octanol–water partition coefficient (Wildman–Crippen LogP) is 4.96. The topological polar surface area (TPSA) is 137 Å². The number of thiazole rings is 1. The van der Waals surface area contributed by atoms with Gasteiger partial charge in [-0.1, -0.05) is 34.1 Å². The van der Waals surface area contributed by atoms with Crippen LogP contribution in [0.2, 0.25) is 0 Å². The first-order valence-electron chi connectivity index (χ1n) is 16.2. The van der Waals surface area contributed by atoms with E-state index in [4.69, 9.17) is 14.5 Å². The van der Waals surface area contributed by atoms with Crippen LogP contribution in [-0.4, -0.2) is 102 Å². The molecule has 2 N–H and O–H groups in total. The van der Waals surface area contributed by atoms with Gasteiger partial charge < -0.3 is 24.8 Å². The number of carboxylic acid groups (broad SMARTS) is 1. The highest BCUT2D eigenvalue weighted by Crippen LogP contribution is 2.38. The zero-order valence-corrected chi connectivity index (χ0v) is 30.5. The van der Waals surface area contributed by atoms with Crippen LogP contribution in [0.4, 0.5) is 14.9 Å². The Balaban J connectivity index is 1.34. The van der Waals surface area contributed by atoms with E-state index in [0.29, 0.717) is 69.6 Å². The van der Waals surface area contributed by atoms with Crippen LogP contribution in [0.1, 0.15) is 42.9 Å². The van der Waals surface area contributed by atoms with Gasteiger partial charge in [0.05, 0.1) is 36.3 Å². The number of amides is 2. The van der Waals surface area contributed by atoms with Gasteiger partial charge in [-0.3, -0.25) is 19.6 Å². The second-order valence-electron chi connectivity index (χ2n) is 12.7. The summed E-state index contributed by atoms with van der Waals surface area (Å²) < 4.78 is 25.9. The van der Waals surface area contributed by atoms with Gasteiger partial charge in [0, 0.05) is 60.7 Å². The lowest BCUT2D eigenvalue weighted by atomic mass is 9.85. The molecule has 50 heavy (non-hydrogen) atoms. The highest BCUT2D eigenvalue weighted by atomic mass is 79.9. The van der Waals surface area contributed by atoms with Crippen molar-refractivity contribution in [1.82, 2.24) is 20.1 Å². The van der Waals surface area contributed by atoms with Crippen molar-refractivity contribution in [2.45, 2.75) is 44.3 Å². The third-order valence-electron chi connectivity index (χ3n) is 9.44. The van der Waals surface area contributed by atoms with Crippen molar-refractivity contribution in [3.63, 3.8) is 0 Å². The number of fused-ring (bicyclic) bond motifs is 1. The molecular formula is C35H38BrFN6O6S. The quantitative estimate of drug-likeness (QED) is 0.260. The van der Waals surface area contributed by atoms with Crippen LogP contribution in [-0.2, 0) is 24.5 Å². The number of carbonyl (C=O) groups is 3. The van der Waals surface area contributed by atoms with Crippen LogP contribution in [0.3, 0.4) is 0 Å². The van der Waals surface area contributed by atoms with Gasteiger partial charge in [0.2, 0.25) is 0 Å². The Morgan fingerprint density at radius 3 is 2.58 bits per heavy atom. The van der Waals surface area contributed by atoms with E-state index in [0.717, 1.165) is 0 Å². The fourth-order valence-corrected chi connectivity index (χ4v) is 7.80. The summed E-state index contributed by atoms with van der Waals surface area (Å²) in [6.45, 7) is 7.08. The lowest BCUT2D eigenvalue weighted by Crippen LogP contribution is -2.61. The van der Waals surface area contributed by atoms with E-state index in [1.165, 1.54) is 23.5 Å². The average molecular weight is 770 g/mol. The Morgan fingerprint density at radius 1 is 1.18 bits per heavy atom. The van der Waals surface area contributed by atoms with Crippen molar-refractivity contribution in [2.24, 2.45) is 4.99 Å². The number of urea groups is 1. The minimum Gasteiger partial charge on any atom is -0.481 e. The highest BCUT2D eigenvalue weighted by molar-refractivity contribution is 9.10. The van der Waals surface area contributed by atoms with Gasteiger partial charge in [0.1, 0.15) is 11.9 Å². The largest absolute Gasteiger partial charge is 0.481 e. The molecule has 4 heterocycles. The summed E-state index contributed by atoms with van der Waals surface area (Å²) >= 11 is 4.88. The number of ether oxygens (including phenoxy) is 2. The minimum atomic E-state index is -1.07. The molecule has 0 saturated carbocycles. The van der Waals surface area contributed by atoms with E-state index >= 15 is 0 Å². The third kappa shape index (κ3) is 6.78. The molecule has 2 amide bonds. The molecular weight excluding hydrogens is 731 g/mol. The van der Waals surface area contributed by atoms with Crippen LogP contribution in [0.5, 0.6) is 0 Å². The zero-order chi connectivity index (χ0) is 35.7. The lowest BCUT2D eigenvalue weighted by Gasteiger charge is -2.44. The van der Waals surface area contributed by atoms with E-state index in [1.807, 2.05) is 10.3 Å². The Kier molecular flexibility index (Phi) is 10.4. The summed E-state index contributed by atoms with van der Waals surface area (Å²) in [5, 5.41) is 15.5. The number of aliphatic imine (C=N–C) groups is 1. The van der Waals surface area contributed by atoms with Gasteiger partial charge in [-0.2, -0.15) is 0 Å². The molecule has 2 fully saturated rings. The van der Waals surface area contributed by atoms with Gasteiger partial charge in [-0.25, -0.2) is 19.0 Å². The van der Waals surface area contributed by atoms with Gasteiger partial charge in [0.15, 0.2) is 10.8 Å². The summed E-state index contributed by atoms with van der Waals surface area (Å²) in [7, 11) is 1.62. The number of amidine groups is 1. The number of nitrogens with zero attached hydrogens (tertiary/aromatic N) is 5. The first-order valence-corrected chi connectivity index (χ1v) is 17.9. The van der Waals surface area contributed by atoms with E-state index in [-0.39, 0.29) is 31.3 Å². The molecule has 2 aromatic carbocycles. The van der Waals surface area contributed by atoms with E-state index in [1.54, 1.807) is 69.3 Å². The molecule has 6 rings (SSSR count). The Bertz CT molecular complexity index is 1830. The molecule has 2 saturated heterocycles. The van der Waals surface area contributed by atoms with Crippen LogP contribution in [0.25, 0.3) is 0 Å². The number of piperazine rings is 1. The van der Waals surface area contributed by atoms with E-state index < -0.39 is 29.2 Å². The number of rotatable bonds is 11. The molecule has 3 aromatic rings. The number of carboxylic acids is 1. The Morgan fingerprint density at radius 2 is 1.94 bits per heavy atom. The number of benzene rings is 2. The van der Waals surface area contributed by atoms with Crippen molar-refractivity contribution >= 4 is 56.8 Å². The molecule has 0 aliphatic carbocycles. The molecule has 3 atom stereocenters. The number of halogens is 2. The van der Waals surface area contributed by atoms with Crippen molar-refractivity contribution in [1.29, 1.82) is 0 Å². The van der Waals surface area contributed by atoms with Gasteiger partial charge >= 0.3 is 18.0 Å². The number of aromatic nitrogens is 1. The number of hydrogen-bond acceptors (Lipinski definition) is 10. The molecule has 0 radical (unpaired) electrons. The number of nitrogens with one attached hydrogen (secondary N) is 1. The zero-order valence-electron chi connectivity index (χ0n) is 28.1. The fraction of sp³-hybridized carbons (Fsp3) is 0.400. The van der Waals surface area contributed by atoms with Crippen LogP contribution >= 0.6 is 27.3 Å². The molecule has 3 aliphatic rings. The van der Waals surface area contributed by atoms with Crippen molar-refractivity contribution in [3.05, 3.63) is 91.7 Å². The summed E-state index contributed by atoms with van der Waals surface area (Å²) in [5.41, 5.74) is 1.70. The monoisotopic (exact) mass is 768 g/mol. The third-order valence-corrected chi connectivity index (χ3v) is 10.9. The van der Waals surface area contributed by atoms with Crippen molar-refractivity contribution in [3.8, 4) is 0 Å². The summed E-state index contributed by atoms with van der Waals surface area (Å²) in [6.07, 6.45) is 1.68. The number of aliphatic carboxylic acids is 1. The molecule has 264 valence electrons. The van der Waals surface area contributed by atoms with Crippen LogP contribution in [0, 0.1) is 5.82 Å². The summed E-state index contributed by atoms with van der Waals surface area (Å²) in [4.78, 5) is 54.4. The smallest absolute Gasteiger partial charge is 0.338 e. The summed E-state index contributed by atoms with van der Waals surface area (Å²) in [5.74, 6) is -1.43. The first-order chi connectivity index (χ1) is 23.9. The maximum absolute atomic E-state index is 14.2. The second kappa shape index (κ2) is 14.6. The van der Waals surface area contributed by atoms with Gasteiger partial charge in [0.25, 0.3) is 0 Å². The molecule has 1 aromatic heterocycles. The maximum Gasteiger partial charge on any atom is 0.338 e. The van der Waals surface area contributed by atoms with E-state index in [9.17, 15) is 23.9 Å². The number of methoxy groups -OCH3 is 1. The Labute approximate surface area is 301 Å². The van der Waals surface area contributed by atoms with E-state index in [2.05, 4.69) is 31.1 Å². The Hall–Kier alpha value is -4.18. The standard InChI is InChI=1S/C35H38BrFN6O6S/c1-5-49-32(44)28-25(39-30(31-38-12-15-50-31)40-29(28)23-11-8-21(37)16-24(23)36)17-41-13-14-42-26(27(41)19-48-4)18-43(34(42)47)22-9-6-20(7-10-22)35(2,3)33(45)46/h6-12,15-16,26-27,29H,5,13-14,17-19H2,1-4H3,(H,39,40)(H,45,46)/t26-,27-,29+/m1/s1. The van der Waals surface area contributed by atoms with Crippen LogP contribution in [0.15, 0.2) is 74.8 Å². The number of carbonyl (C=O) groups excluding carboxylic acids is 2. The molecule has 15 heteroatoms.